The molecule has 1 aliphatic rings. The van der Waals surface area contributed by atoms with Gasteiger partial charge in [-0.05, 0) is 36.6 Å². The lowest BCUT2D eigenvalue weighted by atomic mass is 10.1. The number of anilines is 2. The maximum Gasteiger partial charge on any atom is 0.258 e. The Balaban J connectivity index is 1.75. The summed E-state index contributed by atoms with van der Waals surface area (Å²) < 4.78 is 0. The SMILES string of the molecule is CNc1cc(NC(=O)c2c(Cl)cc(CNC3CC3)cc2Cl)ccn1. The maximum absolute atomic E-state index is 12.5. The van der Waals surface area contributed by atoms with E-state index in [-0.39, 0.29) is 11.5 Å². The van der Waals surface area contributed by atoms with E-state index in [4.69, 9.17) is 23.2 Å². The average Bonchev–Trinajstić information content (AvgIpc) is 3.37. The summed E-state index contributed by atoms with van der Waals surface area (Å²) in [6.07, 6.45) is 4.03. The Morgan fingerprint density at radius 1 is 1.25 bits per heavy atom. The predicted molar refractivity (Wildman–Crippen MR) is 98.1 cm³/mol. The van der Waals surface area contributed by atoms with Gasteiger partial charge in [0.2, 0.25) is 0 Å². The van der Waals surface area contributed by atoms with Crippen LogP contribution in [0.25, 0.3) is 0 Å². The zero-order valence-electron chi connectivity index (χ0n) is 13.2. The average molecular weight is 365 g/mol. The lowest BCUT2D eigenvalue weighted by molar-refractivity contribution is 0.102. The monoisotopic (exact) mass is 364 g/mol. The van der Waals surface area contributed by atoms with Gasteiger partial charge in [-0.3, -0.25) is 4.79 Å². The van der Waals surface area contributed by atoms with Gasteiger partial charge in [0.15, 0.2) is 0 Å². The molecule has 1 aliphatic carbocycles. The van der Waals surface area contributed by atoms with Gasteiger partial charge in [-0.15, -0.1) is 0 Å². The van der Waals surface area contributed by atoms with E-state index in [1.54, 1.807) is 37.5 Å². The van der Waals surface area contributed by atoms with Crippen molar-refractivity contribution in [2.75, 3.05) is 17.7 Å². The Labute approximate surface area is 150 Å². The molecule has 0 radical (unpaired) electrons. The number of hydrogen-bond donors (Lipinski definition) is 3. The van der Waals surface area contributed by atoms with Crippen LogP contribution in [0.15, 0.2) is 30.5 Å². The van der Waals surface area contributed by atoms with Gasteiger partial charge in [-0.25, -0.2) is 4.98 Å². The first-order valence-corrected chi connectivity index (χ1v) is 8.49. The standard InChI is InChI=1S/C17H18Cl2N4O/c1-20-15-8-12(4-5-21-15)23-17(24)16-13(18)6-10(7-14(16)19)9-22-11-2-3-11/h4-8,11,22H,2-3,9H2,1H3,(H2,20,21,23,24). The molecule has 0 unspecified atom stereocenters. The molecule has 1 saturated carbocycles. The number of benzene rings is 1. The van der Waals surface area contributed by atoms with Crippen LogP contribution in [-0.4, -0.2) is 24.0 Å². The van der Waals surface area contributed by atoms with Crippen LogP contribution < -0.4 is 16.0 Å². The summed E-state index contributed by atoms with van der Waals surface area (Å²) >= 11 is 12.6. The van der Waals surface area contributed by atoms with Gasteiger partial charge < -0.3 is 16.0 Å². The maximum atomic E-state index is 12.5. The Kier molecular flexibility index (Phi) is 5.23. The van der Waals surface area contributed by atoms with Gasteiger partial charge in [-0.2, -0.15) is 0 Å². The molecular formula is C17H18Cl2N4O. The zero-order chi connectivity index (χ0) is 17.1. The van der Waals surface area contributed by atoms with Gasteiger partial charge in [0.05, 0.1) is 15.6 Å². The molecule has 3 rings (SSSR count). The molecule has 0 bridgehead atoms. The second-order valence-electron chi connectivity index (χ2n) is 5.72. The molecule has 1 amide bonds. The zero-order valence-corrected chi connectivity index (χ0v) is 14.7. The van der Waals surface area contributed by atoms with Crippen LogP contribution in [-0.2, 0) is 6.54 Å². The number of nitrogens with one attached hydrogen (secondary N) is 3. The molecule has 1 fully saturated rings. The van der Waals surface area contributed by atoms with Crippen molar-refractivity contribution in [3.05, 3.63) is 51.6 Å². The fourth-order valence-electron chi connectivity index (χ4n) is 2.33. The number of carbonyl (C=O) groups excluding carboxylic acids is 1. The van der Waals surface area contributed by atoms with Gasteiger partial charge in [-0.1, -0.05) is 23.2 Å². The third-order valence-corrected chi connectivity index (χ3v) is 4.37. The fourth-order valence-corrected chi connectivity index (χ4v) is 3.04. The van der Waals surface area contributed by atoms with Crippen molar-refractivity contribution in [1.82, 2.24) is 10.3 Å². The predicted octanol–water partition coefficient (Wildman–Crippen LogP) is 3.93. The summed E-state index contributed by atoms with van der Waals surface area (Å²) in [5, 5.41) is 9.79. The molecule has 5 nitrogen and oxygen atoms in total. The summed E-state index contributed by atoms with van der Waals surface area (Å²) in [7, 11) is 1.76. The third kappa shape index (κ3) is 4.17. The van der Waals surface area contributed by atoms with Crippen molar-refractivity contribution < 1.29 is 4.79 Å². The molecular weight excluding hydrogens is 347 g/mol. The van der Waals surface area contributed by atoms with E-state index in [9.17, 15) is 4.79 Å². The van der Waals surface area contributed by atoms with E-state index in [2.05, 4.69) is 20.9 Å². The topological polar surface area (TPSA) is 66.0 Å². The fraction of sp³-hybridized carbons (Fsp3) is 0.294. The first kappa shape index (κ1) is 17.0. The smallest absolute Gasteiger partial charge is 0.258 e. The molecule has 0 saturated heterocycles. The van der Waals surface area contributed by atoms with Crippen molar-refractivity contribution in [1.29, 1.82) is 0 Å². The highest BCUT2D eigenvalue weighted by molar-refractivity contribution is 6.40. The summed E-state index contributed by atoms with van der Waals surface area (Å²) in [6, 6.07) is 7.59. The largest absolute Gasteiger partial charge is 0.373 e. The highest BCUT2D eigenvalue weighted by Gasteiger charge is 2.21. The summed E-state index contributed by atoms with van der Waals surface area (Å²) in [5.41, 5.74) is 1.86. The number of carbonyl (C=O) groups is 1. The molecule has 1 aromatic carbocycles. The van der Waals surface area contributed by atoms with Crippen LogP contribution in [0.3, 0.4) is 0 Å². The van der Waals surface area contributed by atoms with Crippen LogP contribution >= 0.6 is 23.2 Å². The minimum Gasteiger partial charge on any atom is -0.373 e. The molecule has 1 heterocycles. The number of aromatic nitrogens is 1. The van der Waals surface area contributed by atoms with E-state index in [1.165, 1.54) is 12.8 Å². The minimum atomic E-state index is -0.347. The second kappa shape index (κ2) is 7.38. The van der Waals surface area contributed by atoms with Gasteiger partial charge in [0.1, 0.15) is 5.82 Å². The van der Waals surface area contributed by atoms with Crippen LogP contribution in [0.5, 0.6) is 0 Å². The Bertz CT molecular complexity index is 739. The first-order valence-electron chi connectivity index (χ1n) is 7.73. The number of nitrogens with zero attached hydrogens (tertiary/aromatic N) is 1. The van der Waals surface area contributed by atoms with Crippen molar-refractivity contribution >= 4 is 40.6 Å². The highest BCUT2D eigenvalue weighted by Crippen LogP contribution is 2.28. The van der Waals surface area contributed by atoms with E-state index in [0.717, 1.165) is 5.56 Å². The minimum absolute atomic E-state index is 0.274. The summed E-state index contributed by atoms with van der Waals surface area (Å²) in [6.45, 7) is 0.696. The quantitative estimate of drug-likeness (QED) is 0.726. The number of hydrogen-bond acceptors (Lipinski definition) is 4. The van der Waals surface area contributed by atoms with Crippen LogP contribution in [0.1, 0.15) is 28.8 Å². The van der Waals surface area contributed by atoms with E-state index < -0.39 is 0 Å². The van der Waals surface area contributed by atoms with E-state index in [0.29, 0.717) is 34.1 Å². The number of amides is 1. The van der Waals surface area contributed by atoms with Crippen LogP contribution in [0.2, 0.25) is 10.0 Å². The highest BCUT2D eigenvalue weighted by atomic mass is 35.5. The van der Waals surface area contributed by atoms with Gasteiger partial charge >= 0.3 is 0 Å². The van der Waals surface area contributed by atoms with Crippen molar-refractivity contribution in [2.45, 2.75) is 25.4 Å². The van der Waals surface area contributed by atoms with E-state index in [1.807, 2.05) is 0 Å². The molecule has 1 aromatic heterocycles. The van der Waals surface area contributed by atoms with Crippen LogP contribution in [0, 0.1) is 0 Å². The summed E-state index contributed by atoms with van der Waals surface area (Å²) in [4.78, 5) is 16.6. The molecule has 126 valence electrons. The lowest BCUT2D eigenvalue weighted by Crippen LogP contribution is -2.17. The molecule has 0 aliphatic heterocycles. The van der Waals surface area contributed by atoms with Gasteiger partial charge in [0.25, 0.3) is 5.91 Å². The van der Waals surface area contributed by atoms with E-state index >= 15 is 0 Å². The van der Waals surface area contributed by atoms with Crippen molar-refractivity contribution in [3.8, 4) is 0 Å². The second-order valence-corrected chi connectivity index (χ2v) is 6.54. The molecule has 7 heteroatoms. The molecule has 3 N–H and O–H groups in total. The van der Waals surface area contributed by atoms with Crippen LogP contribution in [0.4, 0.5) is 11.5 Å². The number of pyridine rings is 1. The normalized spacial score (nSPS) is 13.6. The molecule has 2 aromatic rings. The van der Waals surface area contributed by atoms with Gasteiger partial charge in [0, 0.05) is 37.6 Å². The Morgan fingerprint density at radius 3 is 2.58 bits per heavy atom. The Hall–Kier alpha value is -1.82. The molecule has 0 spiro atoms. The number of rotatable bonds is 6. The third-order valence-electron chi connectivity index (χ3n) is 3.78. The lowest BCUT2D eigenvalue weighted by Gasteiger charge is -2.12. The molecule has 24 heavy (non-hydrogen) atoms. The Morgan fingerprint density at radius 2 is 1.96 bits per heavy atom. The summed E-state index contributed by atoms with van der Waals surface area (Å²) in [5.74, 6) is 0.312. The van der Waals surface area contributed by atoms with Crippen molar-refractivity contribution in [3.63, 3.8) is 0 Å². The molecule has 0 atom stereocenters. The van der Waals surface area contributed by atoms with Crippen molar-refractivity contribution in [2.24, 2.45) is 0 Å². The number of halogens is 2. The first-order chi connectivity index (χ1) is 11.6.